The quantitative estimate of drug-likeness (QED) is 0.820. The molecule has 2 saturated heterocycles. The maximum Gasteiger partial charge on any atom is 0.213 e. The summed E-state index contributed by atoms with van der Waals surface area (Å²) < 4.78 is 31.2. The Morgan fingerprint density at radius 2 is 2.29 bits per heavy atom. The van der Waals surface area contributed by atoms with Gasteiger partial charge in [-0.05, 0) is 25.5 Å². The summed E-state index contributed by atoms with van der Waals surface area (Å²) in [6, 6.07) is 5.80. The predicted molar refractivity (Wildman–Crippen MR) is 83.7 cm³/mol. The molecule has 1 atom stereocenters. The normalized spacial score (nSPS) is 25.1. The molecule has 21 heavy (non-hydrogen) atoms. The van der Waals surface area contributed by atoms with Crippen LogP contribution in [0, 0.1) is 0 Å². The van der Waals surface area contributed by atoms with E-state index in [1.54, 1.807) is 17.4 Å². The fraction of sp³-hybridized carbons (Fsp3) is 0.643. The third-order valence-corrected chi connectivity index (χ3v) is 7.41. The number of hydrogen-bond donors (Lipinski definition) is 0. The van der Waals surface area contributed by atoms with E-state index in [-0.39, 0.29) is 16.6 Å². The second-order valence-corrected chi connectivity index (χ2v) is 9.37. The standard InChI is InChI=1S/C14H20N2O3S2/c1-2-21(17,18)16-10-14(11-16)7-13(9-20-14)19-8-12-5-3-4-6-15-12/h3-6,13H,2,7-11H2,1H3/t13-/m1/s1. The molecule has 116 valence electrons. The van der Waals surface area contributed by atoms with Gasteiger partial charge in [0.1, 0.15) is 0 Å². The lowest BCUT2D eigenvalue weighted by atomic mass is 9.95. The Morgan fingerprint density at radius 1 is 1.48 bits per heavy atom. The van der Waals surface area contributed by atoms with Gasteiger partial charge in [0.15, 0.2) is 0 Å². The molecule has 0 radical (unpaired) electrons. The first-order valence-corrected chi connectivity index (χ1v) is 9.76. The first-order valence-electron chi connectivity index (χ1n) is 7.16. The van der Waals surface area contributed by atoms with Gasteiger partial charge in [-0.25, -0.2) is 8.42 Å². The molecule has 0 bridgehead atoms. The largest absolute Gasteiger partial charge is 0.371 e. The van der Waals surface area contributed by atoms with Gasteiger partial charge in [0.2, 0.25) is 10.0 Å². The number of sulfonamides is 1. The van der Waals surface area contributed by atoms with E-state index in [1.165, 1.54) is 0 Å². The summed E-state index contributed by atoms with van der Waals surface area (Å²) in [4.78, 5) is 4.25. The zero-order chi connectivity index (χ0) is 14.9. The van der Waals surface area contributed by atoms with Crippen LogP contribution in [0.5, 0.6) is 0 Å². The van der Waals surface area contributed by atoms with Gasteiger partial charge in [-0.3, -0.25) is 4.98 Å². The van der Waals surface area contributed by atoms with E-state index in [0.29, 0.717) is 19.7 Å². The highest BCUT2D eigenvalue weighted by Crippen LogP contribution is 2.47. The van der Waals surface area contributed by atoms with E-state index >= 15 is 0 Å². The lowest BCUT2D eigenvalue weighted by molar-refractivity contribution is 0.0380. The van der Waals surface area contributed by atoms with Crippen molar-refractivity contribution in [1.29, 1.82) is 0 Å². The van der Waals surface area contributed by atoms with Crippen LogP contribution in [0.2, 0.25) is 0 Å². The summed E-state index contributed by atoms with van der Waals surface area (Å²) in [5.74, 6) is 1.13. The highest BCUT2D eigenvalue weighted by molar-refractivity contribution is 8.01. The van der Waals surface area contributed by atoms with Crippen LogP contribution in [-0.4, -0.2) is 53.2 Å². The van der Waals surface area contributed by atoms with E-state index in [9.17, 15) is 8.42 Å². The minimum absolute atomic E-state index is 0.0804. The molecule has 3 rings (SSSR count). The van der Waals surface area contributed by atoms with E-state index in [4.69, 9.17) is 4.74 Å². The summed E-state index contributed by atoms with van der Waals surface area (Å²) in [7, 11) is -3.03. The molecule has 0 aromatic carbocycles. The van der Waals surface area contributed by atoms with Crippen LogP contribution in [0.1, 0.15) is 19.0 Å². The predicted octanol–water partition coefficient (Wildman–Crippen LogP) is 1.51. The molecule has 0 unspecified atom stereocenters. The maximum absolute atomic E-state index is 11.8. The number of aromatic nitrogens is 1. The third kappa shape index (κ3) is 3.26. The topological polar surface area (TPSA) is 59.5 Å². The lowest BCUT2D eigenvalue weighted by Gasteiger charge is -2.46. The van der Waals surface area contributed by atoms with E-state index in [0.717, 1.165) is 17.9 Å². The summed E-state index contributed by atoms with van der Waals surface area (Å²) in [5, 5.41) is 0. The zero-order valence-electron chi connectivity index (χ0n) is 12.1. The fourth-order valence-corrected chi connectivity index (χ4v) is 5.76. The number of rotatable bonds is 5. The van der Waals surface area contributed by atoms with Crippen molar-refractivity contribution < 1.29 is 13.2 Å². The highest BCUT2D eigenvalue weighted by atomic mass is 32.2. The van der Waals surface area contributed by atoms with E-state index in [2.05, 4.69) is 4.98 Å². The van der Waals surface area contributed by atoms with Gasteiger partial charge >= 0.3 is 0 Å². The van der Waals surface area contributed by atoms with Crippen LogP contribution in [0.15, 0.2) is 24.4 Å². The van der Waals surface area contributed by atoms with Crippen molar-refractivity contribution in [3.63, 3.8) is 0 Å². The van der Waals surface area contributed by atoms with Crippen molar-refractivity contribution in [2.45, 2.75) is 30.8 Å². The first kappa shape index (κ1) is 15.3. The van der Waals surface area contributed by atoms with Gasteiger partial charge < -0.3 is 4.74 Å². The number of hydrogen-bond acceptors (Lipinski definition) is 5. The fourth-order valence-electron chi connectivity index (χ4n) is 2.79. The molecular weight excluding hydrogens is 308 g/mol. The Hall–Kier alpha value is -0.630. The molecule has 0 aliphatic carbocycles. The maximum atomic E-state index is 11.8. The molecule has 0 N–H and O–H groups in total. The summed E-state index contributed by atoms with van der Waals surface area (Å²) in [5.41, 5.74) is 0.937. The number of thioether (sulfide) groups is 1. The minimum atomic E-state index is -3.03. The highest BCUT2D eigenvalue weighted by Gasteiger charge is 2.52. The molecule has 1 aromatic rings. The third-order valence-electron chi connectivity index (χ3n) is 4.06. The van der Waals surface area contributed by atoms with Crippen molar-refractivity contribution in [2.75, 3.05) is 24.6 Å². The van der Waals surface area contributed by atoms with Gasteiger partial charge in [-0.1, -0.05) is 6.07 Å². The van der Waals surface area contributed by atoms with Crippen LogP contribution < -0.4 is 0 Å². The lowest BCUT2D eigenvalue weighted by Crippen LogP contribution is -2.60. The molecule has 0 saturated carbocycles. The van der Waals surface area contributed by atoms with E-state index < -0.39 is 10.0 Å². The molecule has 1 aromatic heterocycles. The van der Waals surface area contributed by atoms with Crippen molar-refractivity contribution >= 4 is 21.8 Å². The summed E-state index contributed by atoms with van der Waals surface area (Å²) >= 11 is 1.85. The average molecular weight is 328 g/mol. The van der Waals surface area contributed by atoms with Crippen LogP contribution in [0.4, 0.5) is 0 Å². The van der Waals surface area contributed by atoms with Gasteiger partial charge in [-0.2, -0.15) is 4.31 Å². The van der Waals surface area contributed by atoms with Crippen molar-refractivity contribution in [3.8, 4) is 0 Å². The Bertz CT molecular complexity index is 585. The molecule has 2 fully saturated rings. The van der Waals surface area contributed by atoms with Crippen LogP contribution in [-0.2, 0) is 21.4 Å². The molecule has 2 aliphatic rings. The molecule has 3 heterocycles. The van der Waals surface area contributed by atoms with Crippen molar-refractivity contribution in [3.05, 3.63) is 30.1 Å². The molecule has 2 aliphatic heterocycles. The Balaban J connectivity index is 1.49. The van der Waals surface area contributed by atoms with Gasteiger partial charge in [0.25, 0.3) is 0 Å². The second kappa shape index (κ2) is 5.87. The second-order valence-electron chi connectivity index (χ2n) is 5.62. The van der Waals surface area contributed by atoms with E-state index in [1.807, 2.05) is 30.0 Å². The van der Waals surface area contributed by atoms with Gasteiger partial charge in [0, 0.05) is 29.8 Å². The first-order chi connectivity index (χ1) is 10.0. The molecular formula is C14H20N2O3S2. The average Bonchev–Trinajstić information content (AvgIpc) is 2.89. The van der Waals surface area contributed by atoms with Crippen molar-refractivity contribution in [1.82, 2.24) is 9.29 Å². The summed E-state index contributed by atoms with van der Waals surface area (Å²) in [6.07, 6.45) is 2.90. The van der Waals surface area contributed by atoms with Gasteiger partial charge in [-0.15, -0.1) is 11.8 Å². The summed E-state index contributed by atoms with van der Waals surface area (Å²) in [6.45, 7) is 3.49. The minimum Gasteiger partial charge on any atom is -0.371 e. The molecule has 0 amide bonds. The molecule has 7 heteroatoms. The van der Waals surface area contributed by atoms with Crippen LogP contribution in [0.25, 0.3) is 0 Å². The van der Waals surface area contributed by atoms with Crippen molar-refractivity contribution in [2.24, 2.45) is 0 Å². The molecule has 1 spiro atoms. The molecule has 5 nitrogen and oxygen atoms in total. The van der Waals surface area contributed by atoms with Gasteiger partial charge in [0.05, 0.1) is 24.2 Å². The number of ether oxygens (including phenoxy) is 1. The Morgan fingerprint density at radius 3 is 2.95 bits per heavy atom. The Kier molecular flexibility index (Phi) is 4.27. The monoisotopic (exact) mass is 328 g/mol. The van der Waals surface area contributed by atoms with Crippen LogP contribution in [0.3, 0.4) is 0 Å². The number of pyridine rings is 1. The Labute approximate surface area is 130 Å². The zero-order valence-corrected chi connectivity index (χ0v) is 13.7. The smallest absolute Gasteiger partial charge is 0.213 e. The van der Waals surface area contributed by atoms with Crippen LogP contribution >= 0.6 is 11.8 Å². The number of nitrogens with zero attached hydrogens (tertiary/aromatic N) is 2. The SMILES string of the molecule is CCS(=O)(=O)N1CC2(C[C@@H](OCc3ccccn3)CS2)C1.